The van der Waals surface area contributed by atoms with E-state index in [1.165, 1.54) is 34.4 Å². The van der Waals surface area contributed by atoms with Crippen LogP contribution in [0.25, 0.3) is 0 Å². The Bertz CT molecular complexity index is 868. The maximum absolute atomic E-state index is 6.19. The van der Waals surface area contributed by atoms with Crippen LogP contribution >= 0.6 is 11.8 Å². The SMILES string of the molecule is CC.CSc1ccc(C2CN(C)Cc3cc(OCC4CN(C5CC5)CCO4)ccc32)cc1. The van der Waals surface area contributed by atoms with Gasteiger partial charge in [0.1, 0.15) is 18.5 Å². The maximum atomic E-state index is 6.19. The molecule has 2 aliphatic heterocycles. The van der Waals surface area contributed by atoms with Crippen molar-refractivity contribution < 1.29 is 9.47 Å². The van der Waals surface area contributed by atoms with Gasteiger partial charge >= 0.3 is 0 Å². The van der Waals surface area contributed by atoms with Gasteiger partial charge in [-0.25, -0.2) is 0 Å². The zero-order valence-corrected chi connectivity index (χ0v) is 20.9. The van der Waals surface area contributed by atoms with Crippen molar-refractivity contribution in [1.29, 1.82) is 0 Å². The van der Waals surface area contributed by atoms with Gasteiger partial charge in [0.25, 0.3) is 0 Å². The zero-order chi connectivity index (χ0) is 22.5. The van der Waals surface area contributed by atoms with Gasteiger partial charge in [-0.3, -0.25) is 4.90 Å². The molecule has 0 radical (unpaired) electrons. The molecule has 1 saturated carbocycles. The second-order valence-corrected chi connectivity index (χ2v) is 9.79. The Kier molecular flexibility index (Phi) is 8.17. The number of nitrogens with zero attached hydrogens (tertiary/aromatic N) is 2. The minimum absolute atomic E-state index is 0.181. The normalized spacial score (nSPS) is 23.8. The van der Waals surface area contributed by atoms with Crippen LogP contribution in [0.3, 0.4) is 0 Å². The highest BCUT2D eigenvalue weighted by molar-refractivity contribution is 7.98. The van der Waals surface area contributed by atoms with Crippen molar-refractivity contribution in [2.75, 3.05) is 46.2 Å². The lowest BCUT2D eigenvalue weighted by Crippen LogP contribution is -2.45. The molecule has 2 unspecified atom stereocenters. The fraction of sp³-hybridized carbons (Fsp3) is 0.556. The van der Waals surface area contributed by atoms with Crippen molar-refractivity contribution in [2.24, 2.45) is 0 Å². The van der Waals surface area contributed by atoms with E-state index in [2.05, 4.69) is 65.6 Å². The summed E-state index contributed by atoms with van der Waals surface area (Å²) in [5, 5.41) is 0. The van der Waals surface area contributed by atoms with Crippen LogP contribution in [0.2, 0.25) is 0 Å². The number of benzene rings is 2. The number of ether oxygens (including phenoxy) is 2. The summed E-state index contributed by atoms with van der Waals surface area (Å²) < 4.78 is 12.1. The van der Waals surface area contributed by atoms with E-state index in [0.29, 0.717) is 12.5 Å². The largest absolute Gasteiger partial charge is 0.491 e. The fourth-order valence-electron chi connectivity index (χ4n) is 4.84. The Morgan fingerprint density at radius 3 is 2.56 bits per heavy atom. The highest BCUT2D eigenvalue weighted by Gasteiger charge is 2.33. The van der Waals surface area contributed by atoms with Gasteiger partial charge in [0, 0.05) is 43.0 Å². The number of hydrogen-bond donors (Lipinski definition) is 0. The van der Waals surface area contributed by atoms with E-state index < -0.39 is 0 Å². The van der Waals surface area contributed by atoms with Gasteiger partial charge in [-0.2, -0.15) is 0 Å². The van der Waals surface area contributed by atoms with E-state index in [0.717, 1.165) is 44.6 Å². The van der Waals surface area contributed by atoms with E-state index in [1.807, 2.05) is 13.8 Å². The molecule has 32 heavy (non-hydrogen) atoms. The van der Waals surface area contributed by atoms with Crippen molar-refractivity contribution in [2.45, 2.75) is 56.2 Å². The van der Waals surface area contributed by atoms with Crippen LogP contribution in [0.4, 0.5) is 0 Å². The lowest BCUT2D eigenvalue weighted by atomic mass is 9.85. The first-order valence-corrected chi connectivity index (χ1v) is 13.4. The first-order valence-electron chi connectivity index (χ1n) is 12.1. The summed E-state index contributed by atoms with van der Waals surface area (Å²) in [6.45, 7) is 9.58. The van der Waals surface area contributed by atoms with Gasteiger partial charge in [0.15, 0.2) is 0 Å². The average Bonchev–Trinajstić information content (AvgIpc) is 3.69. The van der Waals surface area contributed by atoms with Gasteiger partial charge in [0.05, 0.1) is 6.61 Å². The molecule has 0 amide bonds. The van der Waals surface area contributed by atoms with Gasteiger partial charge in [-0.05, 0) is 67.1 Å². The fourth-order valence-corrected chi connectivity index (χ4v) is 5.25. The van der Waals surface area contributed by atoms with Crippen LogP contribution in [0, 0.1) is 0 Å². The Labute approximate surface area is 198 Å². The molecule has 2 aromatic rings. The summed E-state index contributed by atoms with van der Waals surface area (Å²) in [4.78, 5) is 6.31. The van der Waals surface area contributed by atoms with Gasteiger partial charge in [0.2, 0.25) is 0 Å². The van der Waals surface area contributed by atoms with Crippen LogP contribution in [-0.2, 0) is 11.3 Å². The Morgan fingerprint density at radius 2 is 1.84 bits per heavy atom. The lowest BCUT2D eigenvalue weighted by Gasteiger charge is -2.34. The van der Waals surface area contributed by atoms with E-state index in [1.54, 1.807) is 11.8 Å². The van der Waals surface area contributed by atoms with Crippen LogP contribution in [0.5, 0.6) is 5.75 Å². The van der Waals surface area contributed by atoms with E-state index in [9.17, 15) is 0 Å². The topological polar surface area (TPSA) is 24.9 Å². The van der Waals surface area contributed by atoms with Crippen molar-refractivity contribution in [3.05, 3.63) is 59.2 Å². The molecular weight excluding hydrogens is 416 g/mol. The summed E-state index contributed by atoms with van der Waals surface area (Å²) in [7, 11) is 2.21. The molecule has 5 rings (SSSR count). The van der Waals surface area contributed by atoms with Crippen LogP contribution in [0.1, 0.15) is 49.3 Å². The molecule has 0 spiro atoms. The monoisotopic (exact) mass is 454 g/mol. The van der Waals surface area contributed by atoms with Crippen molar-refractivity contribution in [3.63, 3.8) is 0 Å². The summed E-state index contributed by atoms with van der Waals surface area (Å²) in [5.41, 5.74) is 4.21. The summed E-state index contributed by atoms with van der Waals surface area (Å²) in [6, 6.07) is 16.5. The lowest BCUT2D eigenvalue weighted by molar-refractivity contribution is -0.0504. The standard InChI is InChI=1S/C25H32N2O2S.C2H6/c1-26-14-19-13-21(29-17-22-15-27(11-12-28-22)20-5-6-20)7-10-24(19)25(16-26)18-3-8-23(30-2)9-4-18;1-2/h3-4,7-10,13,20,22,25H,5-6,11-12,14-17H2,1-2H3;1-2H3. The molecule has 1 aliphatic carbocycles. The molecule has 0 bridgehead atoms. The van der Waals surface area contributed by atoms with Crippen LogP contribution < -0.4 is 4.74 Å². The molecule has 1 saturated heterocycles. The van der Waals surface area contributed by atoms with E-state index in [-0.39, 0.29) is 6.10 Å². The van der Waals surface area contributed by atoms with Crippen molar-refractivity contribution in [1.82, 2.24) is 9.80 Å². The Morgan fingerprint density at radius 1 is 1.06 bits per heavy atom. The minimum Gasteiger partial charge on any atom is -0.491 e. The first kappa shape index (κ1) is 23.6. The molecule has 3 aliphatic rings. The molecule has 2 fully saturated rings. The highest BCUT2D eigenvalue weighted by Crippen LogP contribution is 2.35. The summed E-state index contributed by atoms with van der Waals surface area (Å²) in [6.07, 6.45) is 5.02. The minimum atomic E-state index is 0.181. The van der Waals surface area contributed by atoms with E-state index >= 15 is 0 Å². The predicted octanol–water partition coefficient (Wildman–Crippen LogP) is 5.25. The molecule has 0 aromatic heterocycles. The molecule has 0 N–H and O–H groups in total. The third-order valence-corrected chi connectivity index (χ3v) is 7.36. The summed E-state index contributed by atoms with van der Waals surface area (Å²) in [5.74, 6) is 1.38. The predicted molar refractivity (Wildman–Crippen MR) is 134 cm³/mol. The highest BCUT2D eigenvalue weighted by atomic mass is 32.2. The molecule has 4 nitrogen and oxygen atoms in total. The number of fused-ring (bicyclic) bond motifs is 1. The van der Waals surface area contributed by atoms with Gasteiger partial charge in [-0.15, -0.1) is 11.8 Å². The Hall–Kier alpha value is -1.53. The van der Waals surface area contributed by atoms with Gasteiger partial charge < -0.3 is 14.4 Å². The quantitative estimate of drug-likeness (QED) is 0.555. The van der Waals surface area contributed by atoms with Crippen molar-refractivity contribution >= 4 is 11.8 Å². The third kappa shape index (κ3) is 5.69. The summed E-state index contributed by atoms with van der Waals surface area (Å²) >= 11 is 1.79. The zero-order valence-electron chi connectivity index (χ0n) is 20.0. The van der Waals surface area contributed by atoms with Crippen molar-refractivity contribution in [3.8, 4) is 5.75 Å². The molecule has 5 heteroatoms. The first-order chi connectivity index (χ1) is 15.7. The molecule has 2 atom stereocenters. The average molecular weight is 455 g/mol. The van der Waals surface area contributed by atoms with Gasteiger partial charge in [-0.1, -0.05) is 32.0 Å². The number of rotatable bonds is 6. The van der Waals surface area contributed by atoms with Crippen LogP contribution in [-0.4, -0.2) is 68.1 Å². The number of hydrogen-bond acceptors (Lipinski definition) is 5. The molecule has 2 heterocycles. The third-order valence-electron chi connectivity index (χ3n) is 6.61. The second kappa shape index (κ2) is 11.1. The van der Waals surface area contributed by atoms with E-state index in [4.69, 9.17) is 9.47 Å². The molecule has 2 aromatic carbocycles. The number of thioether (sulfide) groups is 1. The number of morpholine rings is 1. The molecule has 174 valence electrons. The number of likely N-dealkylation sites (N-methyl/N-ethyl adjacent to an activating group) is 1. The maximum Gasteiger partial charge on any atom is 0.119 e. The second-order valence-electron chi connectivity index (χ2n) is 8.91. The van der Waals surface area contributed by atoms with Crippen LogP contribution in [0.15, 0.2) is 47.4 Å². The molecular formula is C27H38N2O2S. The smallest absolute Gasteiger partial charge is 0.119 e. The Balaban J connectivity index is 0.00000119.